The number of thiocarbonyl (C=S) groups is 4. The Labute approximate surface area is 316 Å². The Morgan fingerprint density at radius 3 is 1.06 bits per heavy atom. The van der Waals surface area contributed by atoms with Crippen LogP contribution in [0.15, 0.2) is 0 Å². The molecule has 0 saturated carbocycles. The number of rotatable bonds is 14. The Bertz CT molecular complexity index is 1180. The Kier molecular flexibility index (Phi) is 11.7. The molecule has 7 heterocycles. The second-order valence-electron chi connectivity index (χ2n) is 14.6. The monoisotopic (exact) mass is 768 g/mol. The lowest BCUT2D eigenvalue weighted by molar-refractivity contribution is 0.277. The molecule has 0 N–H and O–H groups in total. The molecule has 3 saturated heterocycles. The van der Waals surface area contributed by atoms with Crippen molar-refractivity contribution in [3.05, 3.63) is 0 Å². The van der Waals surface area contributed by atoms with Gasteiger partial charge >= 0.3 is 0 Å². The van der Waals surface area contributed by atoms with E-state index in [4.69, 9.17) is 48.9 Å². The van der Waals surface area contributed by atoms with Crippen molar-refractivity contribution in [2.24, 2.45) is 11.8 Å². The Morgan fingerprint density at radius 2 is 0.750 bits per heavy atom. The quantitative estimate of drug-likeness (QED) is 0.129. The lowest BCUT2D eigenvalue weighted by Crippen LogP contribution is -2.57. The highest BCUT2D eigenvalue weighted by atomic mass is 32.2. The molecule has 0 amide bonds. The van der Waals surface area contributed by atoms with E-state index in [1.165, 1.54) is 100 Å². The summed E-state index contributed by atoms with van der Waals surface area (Å²) in [5.41, 5.74) is 0. The van der Waals surface area contributed by atoms with Crippen molar-refractivity contribution in [3.8, 4) is 0 Å². The fourth-order valence-corrected chi connectivity index (χ4v) is 15.5. The highest BCUT2D eigenvalue weighted by Crippen LogP contribution is 2.48. The third kappa shape index (κ3) is 6.65. The number of hydrogen-bond acceptors (Lipinski definition) is 4. The minimum absolute atomic E-state index is 0.235. The Hall–Kier alpha value is -0.800. The predicted octanol–water partition coefficient (Wildman–Crippen LogP) is 7.52. The van der Waals surface area contributed by atoms with Gasteiger partial charge in [-0.2, -0.15) is 0 Å². The fourth-order valence-electron chi connectivity index (χ4n) is 8.49. The molecule has 8 nitrogen and oxygen atoms in total. The molecule has 0 aromatic heterocycles. The summed E-state index contributed by atoms with van der Waals surface area (Å²) in [5.74, 6) is 1.21. The van der Waals surface area contributed by atoms with Crippen molar-refractivity contribution in [1.29, 1.82) is 0 Å². The van der Waals surface area contributed by atoms with Crippen LogP contribution in [0.2, 0.25) is 0 Å². The SMILES string of the molecule is CCCCCCCCC1CN2C(=S)N3CCCN4C(=S)N5CC(CCCCCCCC)CN6C(=S)N(CCCN7C(=S)N(C1)C2=S37)S4=C56. The standard InChI is InChI=1S/C34H56N8S6/c1-3-5-7-9-11-13-17-27-23-35-29(43)39-19-15-21-41-31(45)37-25-28(18-14-12-10-8-6-4-2)26-38-32(46)42(48(41)34(37)38)22-16-20-40-30(44)36(24-27)33(35)47(39)40/h27-28H,3-26H2,1-2H3. The molecule has 7 aliphatic rings. The van der Waals surface area contributed by atoms with Gasteiger partial charge in [0.05, 0.1) is 21.7 Å². The number of nitrogens with zero attached hydrogens (tertiary/aromatic N) is 8. The van der Waals surface area contributed by atoms with Crippen LogP contribution in [0, 0.1) is 11.8 Å². The summed E-state index contributed by atoms with van der Waals surface area (Å²) in [4.78, 5) is 9.90. The zero-order valence-electron chi connectivity index (χ0n) is 29.2. The van der Waals surface area contributed by atoms with Crippen LogP contribution in [0.5, 0.6) is 0 Å². The van der Waals surface area contributed by atoms with Gasteiger partial charge in [0, 0.05) is 52.4 Å². The zero-order valence-corrected chi connectivity index (χ0v) is 34.1. The summed E-state index contributed by atoms with van der Waals surface area (Å²) in [7, 11) is -0.471. The summed E-state index contributed by atoms with van der Waals surface area (Å²) >= 11 is 25.1. The van der Waals surface area contributed by atoms with Crippen LogP contribution in [0.4, 0.5) is 0 Å². The van der Waals surface area contributed by atoms with E-state index in [9.17, 15) is 0 Å². The molecule has 7 aliphatic heterocycles. The van der Waals surface area contributed by atoms with E-state index in [0.717, 1.165) is 85.6 Å². The largest absolute Gasteiger partial charge is 0.296 e. The van der Waals surface area contributed by atoms with Crippen LogP contribution >= 0.6 is 70.6 Å². The highest BCUT2D eigenvalue weighted by Gasteiger charge is 2.53. The molecule has 268 valence electrons. The maximum Gasteiger partial charge on any atom is 0.188 e. The lowest BCUT2D eigenvalue weighted by atomic mass is 9.97. The van der Waals surface area contributed by atoms with E-state index in [-0.39, 0.29) is 21.7 Å². The topological polar surface area (TPSA) is 25.9 Å². The molecular formula is C34H56N8S6. The minimum atomic E-state index is -0.235. The van der Waals surface area contributed by atoms with Gasteiger partial charge in [-0.1, -0.05) is 90.9 Å². The molecule has 7 rings (SSSR count). The summed E-state index contributed by atoms with van der Waals surface area (Å²) in [6.07, 6.45) is 20.7. The molecule has 0 atom stereocenters. The predicted molar refractivity (Wildman–Crippen MR) is 221 cm³/mol. The van der Waals surface area contributed by atoms with Crippen LogP contribution < -0.4 is 0 Å². The van der Waals surface area contributed by atoms with Gasteiger partial charge in [-0.05, 0) is 86.4 Å². The summed E-state index contributed by atoms with van der Waals surface area (Å²) in [6, 6.07) is 0. The van der Waals surface area contributed by atoms with Crippen LogP contribution in [-0.2, 0) is 0 Å². The van der Waals surface area contributed by atoms with E-state index in [0.29, 0.717) is 11.8 Å². The summed E-state index contributed by atoms with van der Waals surface area (Å²) < 4.78 is 10.1. The van der Waals surface area contributed by atoms with Crippen LogP contribution in [-0.4, -0.2) is 120 Å². The smallest absolute Gasteiger partial charge is 0.188 e. The van der Waals surface area contributed by atoms with Crippen molar-refractivity contribution >= 4 is 101 Å². The minimum Gasteiger partial charge on any atom is -0.296 e. The van der Waals surface area contributed by atoms with Gasteiger partial charge in [-0.15, -0.1) is 0 Å². The Balaban J connectivity index is 1.04. The van der Waals surface area contributed by atoms with Gasteiger partial charge in [0.1, 0.15) is 0 Å². The van der Waals surface area contributed by atoms with Crippen LogP contribution in [0.3, 0.4) is 0 Å². The maximum absolute atomic E-state index is 6.28. The molecule has 0 unspecified atom stereocenters. The van der Waals surface area contributed by atoms with Crippen molar-refractivity contribution in [3.63, 3.8) is 0 Å². The van der Waals surface area contributed by atoms with Gasteiger partial charge in [-0.3, -0.25) is 36.8 Å². The average molecular weight is 769 g/mol. The van der Waals surface area contributed by atoms with Gasteiger partial charge in [0.2, 0.25) is 0 Å². The van der Waals surface area contributed by atoms with E-state index in [2.05, 4.69) is 50.7 Å². The first kappa shape index (κ1) is 35.6. The normalized spacial score (nSPS) is 26.0. The molecule has 0 aromatic rings. The van der Waals surface area contributed by atoms with Gasteiger partial charge < -0.3 is 0 Å². The maximum atomic E-state index is 6.28. The zero-order chi connectivity index (χ0) is 33.4. The lowest BCUT2D eigenvalue weighted by Gasteiger charge is -2.42. The summed E-state index contributed by atoms with van der Waals surface area (Å²) in [5, 5.41) is 6.77. The third-order valence-corrected chi connectivity index (χ3v) is 17.9. The molecule has 48 heavy (non-hydrogen) atoms. The first-order valence-electron chi connectivity index (χ1n) is 19.0. The van der Waals surface area contributed by atoms with E-state index < -0.39 is 0 Å². The molecule has 3 fully saturated rings. The van der Waals surface area contributed by atoms with Gasteiger partial charge in [-0.25, -0.2) is 0 Å². The molecular weight excluding hydrogens is 713 g/mol. The molecule has 0 radical (unpaired) electrons. The van der Waals surface area contributed by atoms with Crippen molar-refractivity contribution < 1.29 is 0 Å². The first-order chi connectivity index (χ1) is 23.4. The van der Waals surface area contributed by atoms with Crippen LogP contribution in [0.25, 0.3) is 0 Å². The fraction of sp³-hybridized carbons (Fsp3) is 0.824. The molecule has 0 spiro atoms. The molecule has 0 aromatic carbocycles. The molecule has 14 heteroatoms. The Morgan fingerprint density at radius 1 is 0.458 bits per heavy atom. The average Bonchev–Trinajstić information content (AvgIpc) is 3.72. The number of hydrogen-bond donors (Lipinski definition) is 0. The van der Waals surface area contributed by atoms with Crippen molar-refractivity contribution in [1.82, 2.24) is 36.8 Å². The van der Waals surface area contributed by atoms with Crippen LogP contribution in [0.1, 0.15) is 117 Å². The van der Waals surface area contributed by atoms with E-state index >= 15 is 0 Å². The highest BCUT2D eigenvalue weighted by molar-refractivity contribution is 8.15. The second-order valence-corrected chi connectivity index (χ2v) is 19.6. The first-order valence-corrected chi connectivity index (χ1v) is 22.9. The van der Waals surface area contributed by atoms with Crippen molar-refractivity contribution in [2.45, 2.75) is 117 Å². The second kappa shape index (κ2) is 15.8. The molecule has 0 aliphatic carbocycles. The molecule has 0 bridgehead atoms. The van der Waals surface area contributed by atoms with Gasteiger partial charge in [0.25, 0.3) is 0 Å². The summed E-state index contributed by atoms with van der Waals surface area (Å²) in [6.45, 7) is 12.5. The number of unbranched alkanes of at least 4 members (excludes halogenated alkanes) is 10. The third-order valence-electron chi connectivity index (χ3n) is 11.0. The van der Waals surface area contributed by atoms with Crippen molar-refractivity contribution in [2.75, 3.05) is 52.4 Å². The van der Waals surface area contributed by atoms with E-state index in [1.807, 2.05) is 0 Å². The van der Waals surface area contributed by atoms with E-state index in [1.54, 1.807) is 0 Å². The van der Waals surface area contributed by atoms with Gasteiger partial charge in [0.15, 0.2) is 30.7 Å².